The Hall–Kier alpha value is -3.00. The topological polar surface area (TPSA) is 88.3 Å². The Kier molecular flexibility index (Phi) is 3.23. The molecule has 8 heteroatoms. The molecule has 1 N–H and O–H groups in total. The third kappa shape index (κ3) is 2.12. The van der Waals surface area contributed by atoms with Crippen molar-refractivity contribution in [2.24, 2.45) is 0 Å². The highest BCUT2D eigenvalue weighted by Crippen LogP contribution is 2.41. The minimum absolute atomic E-state index is 0.0348. The highest BCUT2D eigenvalue weighted by molar-refractivity contribution is 7.13. The first-order valence-corrected chi connectivity index (χ1v) is 9.14. The molecule has 0 unspecified atom stereocenters. The molecule has 1 saturated heterocycles. The van der Waals surface area contributed by atoms with Gasteiger partial charge in [0.15, 0.2) is 0 Å². The van der Waals surface area contributed by atoms with Crippen LogP contribution in [0, 0.1) is 0 Å². The van der Waals surface area contributed by atoms with E-state index in [1.807, 2.05) is 41.8 Å². The number of hydrogen-bond donors (Lipinski definition) is 1. The van der Waals surface area contributed by atoms with Gasteiger partial charge in [-0.3, -0.25) is 9.69 Å². The molecule has 2 aromatic heterocycles. The molecule has 0 radical (unpaired) electrons. The summed E-state index contributed by atoms with van der Waals surface area (Å²) < 4.78 is 5.24. The number of hydrogen-bond acceptors (Lipinski definition) is 6. The van der Waals surface area contributed by atoms with Crippen molar-refractivity contribution in [3.05, 3.63) is 58.8 Å². The van der Waals surface area contributed by atoms with Gasteiger partial charge in [0, 0.05) is 0 Å². The van der Waals surface area contributed by atoms with Gasteiger partial charge in [-0.05, 0) is 35.4 Å². The molecule has 3 amide bonds. The van der Waals surface area contributed by atoms with Crippen LogP contribution in [0.1, 0.15) is 23.4 Å². The van der Waals surface area contributed by atoms with Gasteiger partial charge in [-0.15, -0.1) is 11.3 Å². The van der Waals surface area contributed by atoms with Gasteiger partial charge in [0.05, 0.1) is 4.88 Å². The van der Waals surface area contributed by atoms with Gasteiger partial charge >= 0.3 is 6.03 Å². The maximum atomic E-state index is 13.1. The van der Waals surface area contributed by atoms with Crippen molar-refractivity contribution in [2.75, 3.05) is 0 Å². The number of thiophene rings is 1. The van der Waals surface area contributed by atoms with Gasteiger partial charge < -0.3 is 9.84 Å². The molecule has 1 fully saturated rings. The van der Waals surface area contributed by atoms with Crippen LogP contribution < -0.4 is 5.32 Å². The minimum atomic E-state index is -0.968. The predicted octanol–water partition coefficient (Wildman–Crippen LogP) is 2.69. The molecule has 3 heterocycles. The first-order valence-electron chi connectivity index (χ1n) is 8.26. The van der Waals surface area contributed by atoms with Crippen molar-refractivity contribution < 1.29 is 14.1 Å². The lowest BCUT2D eigenvalue weighted by molar-refractivity contribution is -0.132. The van der Waals surface area contributed by atoms with Crippen molar-refractivity contribution in [3.63, 3.8) is 0 Å². The SMILES string of the molecule is O=C1N[C@]2(CCc3ccccc32)C(=O)N1Cc1nc(-c2cccs2)no1. The second-order valence-electron chi connectivity index (χ2n) is 6.37. The zero-order valence-corrected chi connectivity index (χ0v) is 14.5. The van der Waals surface area contributed by atoms with E-state index in [9.17, 15) is 9.59 Å². The predicted molar refractivity (Wildman–Crippen MR) is 93.1 cm³/mol. The number of carbonyl (C=O) groups excluding carboxylic acids is 2. The molecule has 26 heavy (non-hydrogen) atoms. The summed E-state index contributed by atoms with van der Waals surface area (Å²) >= 11 is 1.50. The van der Waals surface area contributed by atoms with Crippen LogP contribution >= 0.6 is 11.3 Å². The maximum Gasteiger partial charge on any atom is 0.325 e. The number of benzene rings is 1. The summed E-state index contributed by atoms with van der Waals surface area (Å²) in [6.45, 7) is -0.0348. The number of aromatic nitrogens is 2. The van der Waals surface area contributed by atoms with Gasteiger partial charge in [0.2, 0.25) is 11.7 Å². The Morgan fingerprint density at radius 2 is 2.12 bits per heavy atom. The molecule has 3 aromatic rings. The van der Waals surface area contributed by atoms with E-state index < -0.39 is 11.6 Å². The largest absolute Gasteiger partial charge is 0.337 e. The molecule has 1 atom stereocenters. The molecule has 7 nitrogen and oxygen atoms in total. The number of aryl methyl sites for hydroxylation is 1. The van der Waals surface area contributed by atoms with Crippen LogP contribution in [-0.2, 0) is 23.3 Å². The van der Waals surface area contributed by atoms with E-state index in [2.05, 4.69) is 15.5 Å². The highest BCUT2D eigenvalue weighted by atomic mass is 32.1. The Balaban J connectivity index is 1.43. The number of imide groups is 1. The second kappa shape index (κ2) is 5.50. The Morgan fingerprint density at radius 1 is 1.23 bits per heavy atom. The van der Waals surface area contributed by atoms with Crippen molar-refractivity contribution in [1.82, 2.24) is 20.4 Å². The molecule has 2 aliphatic rings. The lowest BCUT2D eigenvalue weighted by Gasteiger charge is -2.21. The van der Waals surface area contributed by atoms with Crippen molar-refractivity contribution in [3.8, 4) is 10.7 Å². The molecule has 1 aliphatic carbocycles. The van der Waals surface area contributed by atoms with Gasteiger partial charge in [0.25, 0.3) is 5.91 Å². The van der Waals surface area contributed by atoms with E-state index in [1.165, 1.54) is 11.3 Å². The number of urea groups is 1. The maximum absolute atomic E-state index is 13.1. The number of fused-ring (bicyclic) bond motifs is 2. The Labute approximate surface area is 152 Å². The van der Waals surface area contributed by atoms with Crippen LogP contribution in [0.5, 0.6) is 0 Å². The molecule has 5 rings (SSSR count). The van der Waals surface area contributed by atoms with Crippen molar-refractivity contribution in [2.45, 2.75) is 24.9 Å². The zero-order chi connectivity index (χ0) is 17.7. The molecular formula is C18H14N4O3S. The van der Waals surface area contributed by atoms with Gasteiger partial charge in [-0.1, -0.05) is 35.5 Å². The number of rotatable bonds is 3. The quantitative estimate of drug-likeness (QED) is 0.720. The van der Waals surface area contributed by atoms with Gasteiger partial charge in [-0.25, -0.2) is 4.79 Å². The lowest BCUT2D eigenvalue weighted by atomic mass is 9.92. The third-order valence-electron chi connectivity index (χ3n) is 4.93. The van der Waals surface area contributed by atoms with E-state index >= 15 is 0 Å². The van der Waals surface area contributed by atoms with Crippen LogP contribution in [0.3, 0.4) is 0 Å². The smallest absolute Gasteiger partial charge is 0.325 e. The minimum Gasteiger partial charge on any atom is -0.337 e. The number of carbonyl (C=O) groups is 2. The number of amides is 3. The van der Waals surface area contributed by atoms with E-state index in [4.69, 9.17) is 4.52 Å². The summed E-state index contributed by atoms with van der Waals surface area (Å²) in [7, 11) is 0. The molecule has 1 spiro atoms. The van der Waals surface area contributed by atoms with Crippen molar-refractivity contribution in [1.29, 1.82) is 0 Å². The number of nitrogens with zero attached hydrogens (tertiary/aromatic N) is 3. The molecule has 1 aromatic carbocycles. The van der Waals surface area contributed by atoms with E-state index in [0.717, 1.165) is 27.3 Å². The third-order valence-corrected chi connectivity index (χ3v) is 5.79. The van der Waals surface area contributed by atoms with Crippen molar-refractivity contribution >= 4 is 23.3 Å². The van der Waals surface area contributed by atoms with Crippen LogP contribution in [-0.4, -0.2) is 27.0 Å². The molecule has 0 bridgehead atoms. The van der Waals surface area contributed by atoms with Crippen LogP contribution in [0.25, 0.3) is 10.7 Å². The molecule has 1 aliphatic heterocycles. The zero-order valence-electron chi connectivity index (χ0n) is 13.6. The first kappa shape index (κ1) is 15.3. The summed E-state index contributed by atoms with van der Waals surface area (Å²) in [5.74, 6) is 0.437. The lowest BCUT2D eigenvalue weighted by Crippen LogP contribution is -2.41. The standard InChI is InChI=1S/C18H14N4O3S/c23-16-18(8-7-11-4-1-2-5-12(11)18)20-17(24)22(16)10-14-19-15(21-25-14)13-6-3-9-26-13/h1-6,9H,7-8,10H2,(H,20,24)/t18-/m0/s1. The van der Waals surface area contributed by atoms with E-state index in [-0.39, 0.29) is 18.3 Å². The monoisotopic (exact) mass is 366 g/mol. The Morgan fingerprint density at radius 3 is 2.96 bits per heavy atom. The molecule has 130 valence electrons. The second-order valence-corrected chi connectivity index (χ2v) is 7.32. The van der Waals surface area contributed by atoms with Crippen LogP contribution in [0.4, 0.5) is 4.79 Å². The fourth-order valence-electron chi connectivity index (χ4n) is 3.69. The normalized spacial score (nSPS) is 21.5. The highest BCUT2D eigenvalue weighted by Gasteiger charge is 2.55. The summed E-state index contributed by atoms with van der Waals surface area (Å²) in [4.78, 5) is 31.9. The average Bonchev–Trinajstić information content (AvgIpc) is 3.41. The van der Waals surface area contributed by atoms with E-state index in [0.29, 0.717) is 12.2 Å². The molecule has 0 saturated carbocycles. The fraction of sp³-hybridized carbons (Fsp3) is 0.222. The van der Waals surface area contributed by atoms with Crippen LogP contribution in [0.2, 0.25) is 0 Å². The summed E-state index contributed by atoms with van der Waals surface area (Å²) in [5, 5.41) is 8.74. The number of nitrogens with one attached hydrogen (secondary N) is 1. The van der Waals surface area contributed by atoms with Gasteiger partial charge in [-0.2, -0.15) is 4.98 Å². The van der Waals surface area contributed by atoms with Crippen LogP contribution in [0.15, 0.2) is 46.3 Å². The summed E-state index contributed by atoms with van der Waals surface area (Å²) in [6, 6.07) is 11.1. The summed E-state index contributed by atoms with van der Waals surface area (Å²) in [6.07, 6.45) is 1.33. The average molecular weight is 366 g/mol. The van der Waals surface area contributed by atoms with Gasteiger partial charge in [0.1, 0.15) is 12.1 Å². The molecular weight excluding hydrogens is 352 g/mol. The Bertz CT molecular complexity index is 1010. The van der Waals surface area contributed by atoms with E-state index in [1.54, 1.807) is 0 Å². The summed E-state index contributed by atoms with van der Waals surface area (Å²) in [5.41, 5.74) is 1.01. The fourth-order valence-corrected chi connectivity index (χ4v) is 4.34. The first-order chi connectivity index (χ1) is 12.7.